The standard InChI is InChI=1S/C18H18N6O/c19-16(25)15-11-24(9-8-21-15)18-13-5-1-2-6-14(13)22-17(23-18)12-4-3-7-20-10-12/h1-7,10,15,21H,8-9,11H2,(H2,19,25). The number of para-hydroxylation sites is 1. The van der Waals surface area contributed by atoms with Crippen molar-refractivity contribution in [3.8, 4) is 11.4 Å². The van der Waals surface area contributed by atoms with Crippen LogP contribution in [0.4, 0.5) is 5.82 Å². The van der Waals surface area contributed by atoms with Crippen molar-refractivity contribution in [2.45, 2.75) is 6.04 Å². The number of nitrogens with two attached hydrogens (primary N) is 1. The molecule has 1 atom stereocenters. The molecule has 1 amide bonds. The van der Waals surface area contributed by atoms with Crippen LogP contribution in [0.15, 0.2) is 48.8 Å². The molecule has 7 nitrogen and oxygen atoms in total. The number of nitrogens with zero attached hydrogens (tertiary/aromatic N) is 4. The lowest BCUT2D eigenvalue weighted by Crippen LogP contribution is -2.56. The summed E-state index contributed by atoms with van der Waals surface area (Å²) in [5.41, 5.74) is 7.19. The van der Waals surface area contributed by atoms with Crippen LogP contribution in [0.3, 0.4) is 0 Å². The lowest BCUT2D eigenvalue weighted by atomic mass is 10.1. The fourth-order valence-electron chi connectivity index (χ4n) is 3.06. The third-order valence-electron chi connectivity index (χ3n) is 4.32. The van der Waals surface area contributed by atoms with Crippen LogP contribution in [-0.4, -0.2) is 46.5 Å². The Kier molecular flexibility index (Phi) is 3.99. The molecule has 0 saturated carbocycles. The van der Waals surface area contributed by atoms with E-state index >= 15 is 0 Å². The molecule has 25 heavy (non-hydrogen) atoms. The molecule has 0 bridgehead atoms. The van der Waals surface area contributed by atoms with Gasteiger partial charge in [0.25, 0.3) is 0 Å². The van der Waals surface area contributed by atoms with E-state index in [9.17, 15) is 4.79 Å². The minimum absolute atomic E-state index is 0.351. The topological polar surface area (TPSA) is 97.0 Å². The lowest BCUT2D eigenvalue weighted by molar-refractivity contribution is -0.120. The van der Waals surface area contributed by atoms with E-state index in [1.807, 2.05) is 36.4 Å². The van der Waals surface area contributed by atoms with Crippen LogP contribution in [0.25, 0.3) is 22.3 Å². The van der Waals surface area contributed by atoms with Gasteiger partial charge in [0, 0.05) is 43.0 Å². The fourth-order valence-corrected chi connectivity index (χ4v) is 3.06. The third kappa shape index (κ3) is 3.01. The Balaban J connectivity index is 1.83. The number of piperazine rings is 1. The van der Waals surface area contributed by atoms with Gasteiger partial charge in [0.15, 0.2) is 5.82 Å². The Morgan fingerprint density at radius 3 is 2.88 bits per heavy atom. The van der Waals surface area contributed by atoms with Crippen molar-refractivity contribution in [2.75, 3.05) is 24.5 Å². The zero-order valence-corrected chi connectivity index (χ0v) is 13.6. The van der Waals surface area contributed by atoms with E-state index in [1.165, 1.54) is 0 Å². The van der Waals surface area contributed by atoms with Crippen LogP contribution in [0.5, 0.6) is 0 Å². The Labute approximate surface area is 144 Å². The number of pyridine rings is 1. The van der Waals surface area contributed by atoms with E-state index in [-0.39, 0.29) is 11.9 Å². The van der Waals surface area contributed by atoms with Gasteiger partial charge in [-0.3, -0.25) is 9.78 Å². The van der Waals surface area contributed by atoms with Gasteiger partial charge in [-0.15, -0.1) is 0 Å². The van der Waals surface area contributed by atoms with Crippen LogP contribution in [0, 0.1) is 0 Å². The summed E-state index contributed by atoms with van der Waals surface area (Å²) >= 11 is 0. The van der Waals surface area contributed by atoms with Gasteiger partial charge in [-0.2, -0.15) is 0 Å². The minimum Gasteiger partial charge on any atom is -0.368 e. The number of carbonyl (C=O) groups excluding carboxylic acids is 1. The molecule has 7 heteroatoms. The van der Waals surface area contributed by atoms with Crippen molar-refractivity contribution in [3.05, 3.63) is 48.8 Å². The number of anilines is 1. The molecule has 1 fully saturated rings. The molecular weight excluding hydrogens is 316 g/mol. The van der Waals surface area contributed by atoms with Crippen LogP contribution in [0.1, 0.15) is 0 Å². The van der Waals surface area contributed by atoms with E-state index in [0.29, 0.717) is 18.9 Å². The Morgan fingerprint density at radius 1 is 1.20 bits per heavy atom. The first kappa shape index (κ1) is 15.5. The molecule has 126 valence electrons. The second-order valence-electron chi connectivity index (χ2n) is 5.98. The van der Waals surface area contributed by atoms with E-state index < -0.39 is 0 Å². The zero-order valence-electron chi connectivity index (χ0n) is 13.6. The number of aromatic nitrogens is 3. The number of nitrogens with one attached hydrogen (secondary N) is 1. The van der Waals surface area contributed by atoms with Crippen molar-refractivity contribution < 1.29 is 4.79 Å². The molecule has 1 aromatic carbocycles. The number of benzene rings is 1. The van der Waals surface area contributed by atoms with Gasteiger partial charge < -0.3 is 16.0 Å². The van der Waals surface area contributed by atoms with Crippen molar-refractivity contribution >= 4 is 22.6 Å². The number of hydrogen-bond acceptors (Lipinski definition) is 6. The summed E-state index contributed by atoms with van der Waals surface area (Å²) in [7, 11) is 0. The smallest absolute Gasteiger partial charge is 0.236 e. The lowest BCUT2D eigenvalue weighted by Gasteiger charge is -2.33. The van der Waals surface area contributed by atoms with Gasteiger partial charge in [0.05, 0.1) is 5.52 Å². The molecular formula is C18H18N6O. The number of hydrogen-bond donors (Lipinski definition) is 2. The number of rotatable bonds is 3. The first-order valence-electron chi connectivity index (χ1n) is 8.17. The maximum Gasteiger partial charge on any atom is 0.236 e. The minimum atomic E-state index is -0.385. The normalized spacial score (nSPS) is 17.6. The second kappa shape index (κ2) is 6.45. The molecule has 1 unspecified atom stereocenters. The van der Waals surface area contributed by atoms with Gasteiger partial charge in [0.1, 0.15) is 11.9 Å². The van der Waals surface area contributed by atoms with Gasteiger partial charge in [-0.05, 0) is 24.3 Å². The second-order valence-corrected chi connectivity index (χ2v) is 5.98. The highest BCUT2D eigenvalue weighted by Crippen LogP contribution is 2.27. The van der Waals surface area contributed by atoms with Gasteiger partial charge in [-0.1, -0.05) is 12.1 Å². The molecule has 3 aromatic rings. The highest BCUT2D eigenvalue weighted by atomic mass is 16.1. The summed E-state index contributed by atoms with van der Waals surface area (Å²) in [6.45, 7) is 1.91. The summed E-state index contributed by atoms with van der Waals surface area (Å²) in [5, 5.41) is 4.10. The van der Waals surface area contributed by atoms with E-state index in [2.05, 4.69) is 20.2 Å². The van der Waals surface area contributed by atoms with Crippen molar-refractivity contribution in [2.24, 2.45) is 5.73 Å². The molecule has 1 saturated heterocycles. The summed E-state index contributed by atoms with van der Waals surface area (Å²) < 4.78 is 0. The van der Waals surface area contributed by atoms with E-state index in [4.69, 9.17) is 10.7 Å². The summed E-state index contributed by atoms with van der Waals surface area (Å²) in [6, 6.07) is 11.3. The summed E-state index contributed by atoms with van der Waals surface area (Å²) in [5.74, 6) is 1.09. The maximum atomic E-state index is 11.6. The molecule has 4 rings (SSSR count). The quantitative estimate of drug-likeness (QED) is 0.740. The van der Waals surface area contributed by atoms with E-state index in [0.717, 1.165) is 28.8 Å². The van der Waals surface area contributed by atoms with Crippen LogP contribution >= 0.6 is 0 Å². The first-order valence-corrected chi connectivity index (χ1v) is 8.17. The van der Waals surface area contributed by atoms with Gasteiger partial charge >= 0.3 is 0 Å². The van der Waals surface area contributed by atoms with Crippen molar-refractivity contribution in [1.29, 1.82) is 0 Å². The molecule has 0 aliphatic carbocycles. The zero-order chi connectivity index (χ0) is 17.2. The predicted octanol–water partition coefficient (Wildman–Crippen LogP) is 0.955. The van der Waals surface area contributed by atoms with E-state index in [1.54, 1.807) is 12.4 Å². The number of carbonyl (C=O) groups is 1. The summed E-state index contributed by atoms with van der Waals surface area (Å²) in [6.07, 6.45) is 3.47. The predicted molar refractivity (Wildman–Crippen MR) is 96.0 cm³/mol. The maximum absolute atomic E-state index is 11.6. The Morgan fingerprint density at radius 2 is 2.08 bits per heavy atom. The molecule has 0 spiro atoms. The van der Waals surface area contributed by atoms with Crippen LogP contribution in [-0.2, 0) is 4.79 Å². The molecule has 0 radical (unpaired) electrons. The first-order chi connectivity index (χ1) is 12.2. The number of fused-ring (bicyclic) bond motifs is 1. The van der Waals surface area contributed by atoms with Gasteiger partial charge in [-0.25, -0.2) is 9.97 Å². The van der Waals surface area contributed by atoms with Crippen molar-refractivity contribution in [1.82, 2.24) is 20.3 Å². The Hall–Kier alpha value is -3.06. The summed E-state index contributed by atoms with van der Waals surface area (Å²) in [4.78, 5) is 27.3. The number of primary amides is 1. The van der Waals surface area contributed by atoms with Crippen LogP contribution in [0.2, 0.25) is 0 Å². The van der Waals surface area contributed by atoms with Gasteiger partial charge in [0.2, 0.25) is 5.91 Å². The third-order valence-corrected chi connectivity index (χ3v) is 4.32. The average molecular weight is 334 g/mol. The van der Waals surface area contributed by atoms with Crippen molar-refractivity contribution in [3.63, 3.8) is 0 Å². The monoisotopic (exact) mass is 334 g/mol. The molecule has 2 aromatic heterocycles. The number of amides is 1. The highest BCUT2D eigenvalue weighted by molar-refractivity contribution is 5.91. The average Bonchev–Trinajstić information content (AvgIpc) is 2.68. The largest absolute Gasteiger partial charge is 0.368 e. The Bertz CT molecular complexity index is 914. The molecule has 1 aliphatic heterocycles. The molecule has 1 aliphatic rings. The highest BCUT2D eigenvalue weighted by Gasteiger charge is 2.26. The molecule has 3 heterocycles. The molecule has 3 N–H and O–H groups in total. The SMILES string of the molecule is NC(=O)C1CN(c2nc(-c3cccnc3)nc3ccccc23)CCN1. The van der Waals surface area contributed by atoms with Crippen LogP contribution < -0.4 is 16.0 Å². The fraction of sp³-hybridized carbons (Fsp3) is 0.222.